The third kappa shape index (κ3) is 4.84. The van der Waals surface area contributed by atoms with E-state index in [9.17, 15) is 17.6 Å². The highest BCUT2D eigenvalue weighted by atomic mass is 32.2. The lowest BCUT2D eigenvalue weighted by Gasteiger charge is -2.10. The van der Waals surface area contributed by atoms with E-state index < -0.39 is 28.3 Å². The minimum Gasteiger partial charge on any atom is -0.399 e. The predicted molar refractivity (Wildman–Crippen MR) is 69.3 cm³/mol. The summed E-state index contributed by atoms with van der Waals surface area (Å²) in [7, 11) is -3.97. The number of sulfonamides is 1. The van der Waals surface area contributed by atoms with Crippen LogP contribution in [-0.4, -0.2) is 26.9 Å². The molecule has 4 N–H and O–H groups in total. The second-order valence-electron chi connectivity index (χ2n) is 4.27. The lowest BCUT2D eigenvalue weighted by molar-refractivity contribution is -0.120. The van der Waals surface area contributed by atoms with Crippen LogP contribution in [-0.2, 0) is 14.8 Å². The summed E-state index contributed by atoms with van der Waals surface area (Å²) in [6.45, 7) is 3.08. The SMILES string of the molecule is CC(C)NC(=O)CNS(=O)(=O)c1cc(N)cc(F)c1. The zero-order chi connectivity index (χ0) is 14.6. The van der Waals surface area contributed by atoms with Gasteiger partial charge in [-0.3, -0.25) is 4.79 Å². The number of hydrogen-bond acceptors (Lipinski definition) is 4. The molecule has 0 saturated carbocycles. The number of nitrogen functional groups attached to an aromatic ring is 1. The van der Waals surface area contributed by atoms with E-state index in [1.807, 2.05) is 0 Å². The van der Waals surface area contributed by atoms with Gasteiger partial charge in [0.05, 0.1) is 11.4 Å². The van der Waals surface area contributed by atoms with E-state index in [2.05, 4.69) is 10.0 Å². The van der Waals surface area contributed by atoms with Crippen molar-refractivity contribution in [1.82, 2.24) is 10.0 Å². The molecule has 0 bridgehead atoms. The maximum absolute atomic E-state index is 13.1. The summed E-state index contributed by atoms with van der Waals surface area (Å²) >= 11 is 0. The lowest BCUT2D eigenvalue weighted by atomic mass is 10.3. The molecule has 8 heteroatoms. The van der Waals surface area contributed by atoms with Crippen LogP contribution in [0.3, 0.4) is 0 Å². The van der Waals surface area contributed by atoms with Gasteiger partial charge in [0.15, 0.2) is 0 Å². The van der Waals surface area contributed by atoms with Crippen molar-refractivity contribution in [3.8, 4) is 0 Å². The van der Waals surface area contributed by atoms with Crippen LogP contribution >= 0.6 is 0 Å². The molecule has 1 aromatic carbocycles. The molecule has 19 heavy (non-hydrogen) atoms. The van der Waals surface area contributed by atoms with Gasteiger partial charge in [0.25, 0.3) is 0 Å². The summed E-state index contributed by atoms with van der Waals surface area (Å²) in [5, 5.41) is 2.52. The van der Waals surface area contributed by atoms with Gasteiger partial charge in [0, 0.05) is 11.7 Å². The van der Waals surface area contributed by atoms with Gasteiger partial charge < -0.3 is 11.1 Å². The van der Waals surface area contributed by atoms with Gasteiger partial charge >= 0.3 is 0 Å². The first-order chi connectivity index (χ1) is 8.70. The average molecular weight is 289 g/mol. The first-order valence-electron chi connectivity index (χ1n) is 5.56. The third-order valence-electron chi connectivity index (χ3n) is 2.08. The Morgan fingerprint density at radius 1 is 1.37 bits per heavy atom. The fraction of sp³-hybridized carbons (Fsp3) is 0.364. The molecule has 106 valence electrons. The van der Waals surface area contributed by atoms with E-state index >= 15 is 0 Å². The van der Waals surface area contributed by atoms with Gasteiger partial charge in [-0.2, -0.15) is 0 Å². The Hall–Kier alpha value is -1.67. The highest BCUT2D eigenvalue weighted by molar-refractivity contribution is 7.89. The molecular weight excluding hydrogens is 273 g/mol. The second kappa shape index (κ2) is 5.98. The molecule has 0 aromatic heterocycles. The summed E-state index contributed by atoms with van der Waals surface area (Å²) in [5.41, 5.74) is 5.36. The number of carbonyl (C=O) groups excluding carboxylic acids is 1. The first kappa shape index (κ1) is 15.4. The van der Waals surface area contributed by atoms with Crippen molar-refractivity contribution in [3.63, 3.8) is 0 Å². The zero-order valence-corrected chi connectivity index (χ0v) is 11.4. The Morgan fingerprint density at radius 3 is 2.53 bits per heavy atom. The van der Waals surface area contributed by atoms with Crippen molar-refractivity contribution < 1.29 is 17.6 Å². The quantitative estimate of drug-likeness (QED) is 0.674. The molecule has 6 nitrogen and oxygen atoms in total. The maximum Gasteiger partial charge on any atom is 0.241 e. The molecule has 0 saturated heterocycles. The van der Waals surface area contributed by atoms with Crippen molar-refractivity contribution in [2.45, 2.75) is 24.8 Å². The number of anilines is 1. The average Bonchev–Trinajstić information content (AvgIpc) is 2.24. The van der Waals surface area contributed by atoms with E-state index in [-0.39, 0.29) is 16.6 Å². The van der Waals surface area contributed by atoms with E-state index in [4.69, 9.17) is 5.73 Å². The maximum atomic E-state index is 13.1. The Balaban J connectivity index is 2.79. The second-order valence-corrected chi connectivity index (χ2v) is 6.03. The molecule has 0 aliphatic rings. The highest BCUT2D eigenvalue weighted by Crippen LogP contribution is 2.15. The summed E-state index contributed by atoms with van der Waals surface area (Å²) in [5.74, 6) is -1.23. The molecule has 0 aliphatic carbocycles. The van der Waals surface area contributed by atoms with Crippen LogP contribution in [0.25, 0.3) is 0 Å². The molecule has 0 aliphatic heterocycles. The molecule has 0 fully saturated rings. The number of carbonyl (C=O) groups is 1. The topological polar surface area (TPSA) is 101 Å². The van der Waals surface area contributed by atoms with E-state index in [1.54, 1.807) is 13.8 Å². The number of halogens is 1. The van der Waals surface area contributed by atoms with Gasteiger partial charge in [-0.25, -0.2) is 17.5 Å². The number of hydrogen-bond donors (Lipinski definition) is 3. The standard InChI is InChI=1S/C11H16FN3O3S/c1-7(2)15-11(16)6-14-19(17,18)10-4-8(12)3-9(13)5-10/h3-5,7,14H,6,13H2,1-2H3,(H,15,16). The van der Waals surface area contributed by atoms with Crippen LogP contribution in [0.2, 0.25) is 0 Å². The van der Waals surface area contributed by atoms with Crippen LogP contribution in [0.1, 0.15) is 13.8 Å². The zero-order valence-electron chi connectivity index (χ0n) is 10.6. The van der Waals surface area contributed by atoms with Crippen LogP contribution in [0.4, 0.5) is 10.1 Å². The van der Waals surface area contributed by atoms with Crippen LogP contribution in [0, 0.1) is 5.82 Å². The highest BCUT2D eigenvalue weighted by Gasteiger charge is 2.17. The Morgan fingerprint density at radius 2 is 2.00 bits per heavy atom. The number of amides is 1. The monoisotopic (exact) mass is 289 g/mol. The molecule has 1 aromatic rings. The predicted octanol–water partition coefficient (Wildman–Crippen LogP) is 0.211. The fourth-order valence-electron chi connectivity index (χ4n) is 1.36. The molecule has 0 unspecified atom stereocenters. The number of rotatable bonds is 5. The minimum atomic E-state index is -3.97. The summed E-state index contributed by atoms with van der Waals surface area (Å²) < 4.78 is 38.8. The summed E-state index contributed by atoms with van der Waals surface area (Å²) in [6.07, 6.45) is 0. The van der Waals surface area contributed by atoms with Crippen LogP contribution < -0.4 is 15.8 Å². The van der Waals surface area contributed by atoms with Crippen molar-refractivity contribution >= 4 is 21.6 Å². The first-order valence-corrected chi connectivity index (χ1v) is 7.04. The molecule has 0 heterocycles. The van der Waals surface area contributed by atoms with Crippen molar-refractivity contribution in [2.24, 2.45) is 0 Å². The number of benzene rings is 1. The number of nitrogens with one attached hydrogen (secondary N) is 2. The Labute approximate surface area is 111 Å². The van der Waals surface area contributed by atoms with Crippen molar-refractivity contribution in [2.75, 3.05) is 12.3 Å². The van der Waals surface area contributed by atoms with Gasteiger partial charge in [0.1, 0.15) is 5.82 Å². The normalized spacial score (nSPS) is 11.6. The van der Waals surface area contributed by atoms with Gasteiger partial charge in [-0.1, -0.05) is 0 Å². The minimum absolute atomic E-state index is 0.00740. The van der Waals surface area contributed by atoms with E-state index in [0.29, 0.717) is 0 Å². The van der Waals surface area contributed by atoms with Gasteiger partial charge in [0.2, 0.25) is 15.9 Å². The molecule has 0 spiro atoms. The van der Waals surface area contributed by atoms with Crippen molar-refractivity contribution in [1.29, 1.82) is 0 Å². The third-order valence-corrected chi connectivity index (χ3v) is 3.46. The Bertz CT molecular complexity index is 552. The van der Waals surface area contributed by atoms with Crippen LogP contribution in [0.5, 0.6) is 0 Å². The van der Waals surface area contributed by atoms with E-state index in [0.717, 1.165) is 18.2 Å². The molecule has 0 radical (unpaired) electrons. The molecular formula is C11H16FN3O3S. The Kier molecular flexibility index (Phi) is 4.84. The summed E-state index contributed by atoms with van der Waals surface area (Å²) in [4.78, 5) is 11.0. The molecule has 1 rings (SSSR count). The summed E-state index contributed by atoms with van der Waals surface area (Å²) in [6, 6.07) is 2.86. The lowest BCUT2D eigenvalue weighted by Crippen LogP contribution is -2.39. The molecule has 0 atom stereocenters. The smallest absolute Gasteiger partial charge is 0.241 e. The van der Waals surface area contributed by atoms with Gasteiger partial charge in [-0.05, 0) is 32.0 Å². The number of nitrogens with two attached hydrogens (primary N) is 1. The van der Waals surface area contributed by atoms with E-state index in [1.165, 1.54) is 0 Å². The molecule has 1 amide bonds. The van der Waals surface area contributed by atoms with Gasteiger partial charge in [-0.15, -0.1) is 0 Å². The van der Waals surface area contributed by atoms with Crippen molar-refractivity contribution in [3.05, 3.63) is 24.0 Å². The van der Waals surface area contributed by atoms with Crippen LogP contribution in [0.15, 0.2) is 23.1 Å². The fourth-order valence-corrected chi connectivity index (χ4v) is 2.40. The largest absolute Gasteiger partial charge is 0.399 e.